The Balaban J connectivity index is 1.24. The molecule has 2 heterocycles. The third-order valence-electron chi connectivity index (χ3n) is 7.96. The van der Waals surface area contributed by atoms with Crippen LogP contribution in [-0.4, -0.2) is 77.2 Å². The first-order valence-corrected chi connectivity index (χ1v) is 14.3. The lowest BCUT2D eigenvalue weighted by atomic mass is 10.0. The lowest BCUT2D eigenvalue weighted by molar-refractivity contribution is 0.208. The second kappa shape index (κ2) is 10.4. The molecule has 0 N–H and O–H groups in total. The van der Waals surface area contributed by atoms with Gasteiger partial charge in [-0.3, -0.25) is 4.90 Å². The molecule has 3 aliphatic rings. The molecule has 0 spiro atoms. The predicted molar refractivity (Wildman–Crippen MR) is 138 cm³/mol. The predicted octanol–water partition coefficient (Wildman–Crippen LogP) is 3.56. The van der Waals surface area contributed by atoms with Gasteiger partial charge < -0.3 is 14.4 Å². The molecule has 190 valence electrons. The molecule has 7 nitrogen and oxygen atoms in total. The molecule has 2 aromatic carbocycles. The molecule has 2 aromatic rings. The van der Waals surface area contributed by atoms with Crippen LogP contribution in [-0.2, 0) is 22.9 Å². The molecule has 1 saturated carbocycles. The standard InChI is InChI=1S/C27H37N3O4S/c1-33-26-10-9-25(20-27(26)34-2)35(31,32)30-17-15-29(16-18-30)24-8-7-21-11-13-28(14-12-22(21)19-24)23-5-3-4-6-23/h7-10,19-20,23H,3-6,11-18H2,1-2H3. The average Bonchev–Trinajstić information content (AvgIpc) is 3.35. The van der Waals surface area contributed by atoms with Gasteiger partial charge in [-0.15, -0.1) is 0 Å². The second-order valence-corrected chi connectivity index (χ2v) is 11.8. The Labute approximate surface area is 209 Å². The van der Waals surface area contributed by atoms with Crippen molar-refractivity contribution in [2.45, 2.75) is 49.5 Å². The van der Waals surface area contributed by atoms with Gasteiger partial charge in [0.15, 0.2) is 11.5 Å². The molecule has 8 heteroatoms. The number of sulfonamides is 1. The first-order valence-electron chi connectivity index (χ1n) is 12.8. The number of ether oxygens (including phenoxy) is 2. The normalized spacial score (nSPS) is 20.5. The number of piperazine rings is 1. The zero-order chi connectivity index (χ0) is 24.4. The number of hydrogen-bond donors (Lipinski definition) is 0. The van der Waals surface area contributed by atoms with Gasteiger partial charge in [0.05, 0.1) is 19.1 Å². The minimum Gasteiger partial charge on any atom is -0.493 e. The van der Waals surface area contributed by atoms with Crippen molar-refractivity contribution in [2.75, 3.05) is 58.4 Å². The molecule has 0 radical (unpaired) electrons. The molecule has 1 saturated heterocycles. The lowest BCUT2D eigenvalue weighted by Crippen LogP contribution is -2.48. The largest absolute Gasteiger partial charge is 0.493 e. The molecule has 0 unspecified atom stereocenters. The van der Waals surface area contributed by atoms with E-state index >= 15 is 0 Å². The number of methoxy groups -OCH3 is 2. The number of hydrogen-bond acceptors (Lipinski definition) is 6. The summed E-state index contributed by atoms with van der Waals surface area (Å²) in [5, 5.41) is 0. The molecule has 2 aliphatic heterocycles. The fraction of sp³-hybridized carbons (Fsp3) is 0.556. The maximum Gasteiger partial charge on any atom is 0.243 e. The van der Waals surface area contributed by atoms with Crippen molar-refractivity contribution in [3.05, 3.63) is 47.5 Å². The van der Waals surface area contributed by atoms with Crippen LogP contribution in [0.1, 0.15) is 36.8 Å². The fourth-order valence-corrected chi connectivity index (χ4v) is 7.31. The van der Waals surface area contributed by atoms with E-state index in [9.17, 15) is 8.42 Å². The molecule has 2 fully saturated rings. The maximum absolute atomic E-state index is 13.3. The Morgan fingerprint density at radius 3 is 2.14 bits per heavy atom. The van der Waals surface area contributed by atoms with Crippen molar-refractivity contribution < 1.29 is 17.9 Å². The summed E-state index contributed by atoms with van der Waals surface area (Å²) < 4.78 is 38.7. The summed E-state index contributed by atoms with van der Waals surface area (Å²) >= 11 is 0. The minimum atomic E-state index is -3.59. The summed E-state index contributed by atoms with van der Waals surface area (Å²) in [4.78, 5) is 5.27. The third-order valence-corrected chi connectivity index (χ3v) is 9.86. The molecule has 35 heavy (non-hydrogen) atoms. The molecular weight excluding hydrogens is 462 g/mol. The fourth-order valence-electron chi connectivity index (χ4n) is 5.87. The van der Waals surface area contributed by atoms with E-state index in [0.717, 1.165) is 25.4 Å². The molecule has 0 bridgehead atoms. The number of anilines is 1. The van der Waals surface area contributed by atoms with Crippen LogP contribution in [0.3, 0.4) is 0 Å². The van der Waals surface area contributed by atoms with E-state index in [1.807, 2.05) is 0 Å². The van der Waals surface area contributed by atoms with Gasteiger partial charge in [0.2, 0.25) is 10.0 Å². The van der Waals surface area contributed by atoms with Crippen molar-refractivity contribution in [3.63, 3.8) is 0 Å². The van der Waals surface area contributed by atoms with Crippen molar-refractivity contribution in [2.24, 2.45) is 0 Å². The van der Waals surface area contributed by atoms with Gasteiger partial charge in [0, 0.05) is 57.1 Å². The van der Waals surface area contributed by atoms with E-state index < -0.39 is 10.0 Å². The van der Waals surface area contributed by atoms with Crippen molar-refractivity contribution in [1.82, 2.24) is 9.21 Å². The highest BCUT2D eigenvalue weighted by Gasteiger charge is 2.30. The van der Waals surface area contributed by atoms with E-state index in [2.05, 4.69) is 28.0 Å². The van der Waals surface area contributed by atoms with Crippen LogP contribution in [0.5, 0.6) is 11.5 Å². The first kappa shape index (κ1) is 24.4. The molecule has 0 amide bonds. The van der Waals surface area contributed by atoms with E-state index in [4.69, 9.17) is 9.47 Å². The molecule has 0 atom stereocenters. The summed E-state index contributed by atoms with van der Waals surface area (Å²) in [6.07, 6.45) is 7.71. The van der Waals surface area contributed by atoms with Gasteiger partial charge in [-0.05, 0) is 61.1 Å². The highest BCUT2D eigenvalue weighted by atomic mass is 32.2. The van der Waals surface area contributed by atoms with E-state index in [1.54, 1.807) is 29.6 Å². The quantitative estimate of drug-likeness (QED) is 0.606. The highest BCUT2D eigenvalue weighted by Crippen LogP contribution is 2.32. The lowest BCUT2D eigenvalue weighted by Gasteiger charge is -2.35. The van der Waals surface area contributed by atoms with Crippen LogP contribution >= 0.6 is 0 Å². The molecule has 1 aliphatic carbocycles. The SMILES string of the molecule is COc1ccc(S(=O)(=O)N2CCN(c3ccc4c(c3)CCN(C3CCCC3)CC4)CC2)cc1OC. The Morgan fingerprint density at radius 1 is 0.771 bits per heavy atom. The molecule has 0 aromatic heterocycles. The Bertz CT molecular complexity index is 1140. The number of rotatable bonds is 6. The van der Waals surface area contributed by atoms with Gasteiger partial charge in [-0.1, -0.05) is 18.9 Å². The van der Waals surface area contributed by atoms with Gasteiger partial charge in [0.25, 0.3) is 0 Å². The molecule has 5 rings (SSSR count). The Morgan fingerprint density at radius 2 is 1.46 bits per heavy atom. The van der Waals surface area contributed by atoms with Crippen LogP contribution in [0, 0.1) is 0 Å². The second-order valence-electron chi connectivity index (χ2n) is 9.84. The summed E-state index contributed by atoms with van der Waals surface area (Å²) in [6.45, 7) is 4.60. The van der Waals surface area contributed by atoms with Gasteiger partial charge in [-0.2, -0.15) is 4.31 Å². The first-order chi connectivity index (χ1) is 17.0. The van der Waals surface area contributed by atoms with Gasteiger partial charge in [0.1, 0.15) is 0 Å². The smallest absolute Gasteiger partial charge is 0.243 e. The van der Waals surface area contributed by atoms with Crippen LogP contribution < -0.4 is 14.4 Å². The van der Waals surface area contributed by atoms with Gasteiger partial charge in [-0.25, -0.2) is 8.42 Å². The third kappa shape index (κ3) is 5.01. The van der Waals surface area contributed by atoms with Crippen LogP contribution in [0.2, 0.25) is 0 Å². The topological polar surface area (TPSA) is 62.3 Å². The van der Waals surface area contributed by atoms with Crippen LogP contribution in [0.4, 0.5) is 5.69 Å². The summed E-state index contributed by atoms with van der Waals surface area (Å²) in [5.41, 5.74) is 4.15. The van der Waals surface area contributed by atoms with Crippen molar-refractivity contribution >= 4 is 15.7 Å². The average molecular weight is 500 g/mol. The van der Waals surface area contributed by atoms with Crippen molar-refractivity contribution in [3.8, 4) is 11.5 Å². The van der Waals surface area contributed by atoms with Crippen molar-refractivity contribution in [1.29, 1.82) is 0 Å². The van der Waals surface area contributed by atoms with E-state index in [0.29, 0.717) is 37.7 Å². The van der Waals surface area contributed by atoms with Crippen LogP contribution in [0.15, 0.2) is 41.3 Å². The summed E-state index contributed by atoms with van der Waals surface area (Å²) in [7, 11) is -0.538. The monoisotopic (exact) mass is 499 g/mol. The number of fused-ring (bicyclic) bond motifs is 1. The summed E-state index contributed by atoms with van der Waals surface area (Å²) in [5.74, 6) is 0.939. The number of benzene rings is 2. The maximum atomic E-state index is 13.3. The highest BCUT2D eigenvalue weighted by molar-refractivity contribution is 7.89. The number of nitrogens with zero attached hydrogens (tertiary/aromatic N) is 3. The van der Waals surface area contributed by atoms with E-state index in [-0.39, 0.29) is 4.90 Å². The Kier molecular flexibility index (Phi) is 7.23. The molecular formula is C27H37N3O4S. The van der Waals surface area contributed by atoms with Crippen LogP contribution in [0.25, 0.3) is 0 Å². The zero-order valence-corrected chi connectivity index (χ0v) is 21.7. The van der Waals surface area contributed by atoms with Gasteiger partial charge >= 0.3 is 0 Å². The Hall–Kier alpha value is -2.29. The van der Waals surface area contributed by atoms with E-state index in [1.165, 1.54) is 56.2 Å². The summed E-state index contributed by atoms with van der Waals surface area (Å²) in [6, 6.07) is 12.4. The zero-order valence-electron chi connectivity index (χ0n) is 20.9. The minimum absolute atomic E-state index is 0.237.